The molecule has 0 spiro atoms. The summed E-state index contributed by atoms with van der Waals surface area (Å²) in [4.78, 5) is 22.5. The number of aromatic nitrogens is 2. The molecule has 1 aromatic heterocycles. The molecule has 1 heterocycles. The molecule has 1 unspecified atom stereocenters. The molecule has 0 saturated heterocycles. The highest BCUT2D eigenvalue weighted by Crippen LogP contribution is 2.18. The molecule has 1 amide bonds. The van der Waals surface area contributed by atoms with Crippen LogP contribution in [0.1, 0.15) is 19.4 Å². The summed E-state index contributed by atoms with van der Waals surface area (Å²) in [5, 5.41) is 27.3. The van der Waals surface area contributed by atoms with Gasteiger partial charge in [0.25, 0.3) is 0 Å². The smallest absolute Gasteiger partial charge is 0.307 e. The Hall–Kier alpha value is -2.74. The minimum atomic E-state index is -1.11. The van der Waals surface area contributed by atoms with E-state index in [4.69, 9.17) is 0 Å². The number of amides is 1. The van der Waals surface area contributed by atoms with Crippen molar-refractivity contribution in [1.29, 1.82) is 0 Å². The van der Waals surface area contributed by atoms with Crippen molar-refractivity contribution in [3.63, 3.8) is 0 Å². The van der Waals surface area contributed by atoms with E-state index in [9.17, 15) is 20.0 Å². The Morgan fingerprint density at radius 2 is 2.08 bits per heavy atom. The third-order valence-electron chi connectivity index (χ3n) is 3.72. The third kappa shape index (κ3) is 4.17. The van der Waals surface area contributed by atoms with Gasteiger partial charge in [0, 0.05) is 13.0 Å². The first-order valence-electron chi connectivity index (χ1n) is 7.50. The van der Waals surface area contributed by atoms with Gasteiger partial charge in [0.05, 0.1) is 11.0 Å². The van der Waals surface area contributed by atoms with Crippen LogP contribution in [0.3, 0.4) is 0 Å². The second-order valence-corrected chi connectivity index (χ2v) is 6.01. The van der Waals surface area contributed by atoms with Crippen molar-refractivity contribution >= 4 is 11.6 Å². The van der Waals surface area contributed by atoms with Crippen molar-refractivity contribution in [2.24, 2.45) is 0 Å². The van der Waals surface area contributed by atoms with Crippen LogP contribution >= 0.6 is 0 Å². The van der Waals surface area contributed by atoms with E-state index in [1.54, 1.807) is 13.8 Å². The van der Waals surface area contributed by atoms with E-state index in [0.29, 0.717) is 6.42 Å². The number of hydrogen-bond donors (Lipinski definition) is 2. The van der Waals surface area contributed by atoms with Crippen LogP contribution in [0, 0.1) is 10.1 Å². The second-order valence-electron chi connectivity index (χ2n) is 6.01. The molecular formula is C16H20N4O4. The van der Waals surface area contributed by atoms with Gasteiger partial charge in [-0.15, -0.1) is 0 Å². The van der Waals surface area contributed by atoms with Gasteiger partial charge in [-0.25, -0.2) is 0 Å². The molecule has 0 saturated carbocycles. The highest BCUT2D eigenvalue weighted by Gasteiger charge is 2.32. The lowest BCUT2D eigenvalue weighted by atomic mass is 10.0. The molecule has 8 nitrogen and oxygen atoms in total. The monoisotopic (exact) mass is 332 g/mol. The van der Waals surface area contributed by atoms with Gasteiger partial charge in [0.2, 0.25) is 5.91 Å². The van der Waals surface area contributed by atoms with Gasteiger partial charge in [-0.1, -0.05) is 30.3 Å². The lowest BCUT2D eigenvalue weighted by molar-refractivity contribution is -0.385. The molecule has 1 atom stereocenters. The van der Waals surface area contributed by atoms with Gasteiger partial charge in [-0.2, -0.15) is 5.10 Å². The predicted octanol–water partition coefficient (Wildman–Crippen LogP) is 1.25. The largest absolute Gasteiger partial charge is 0.391 e. The Morgan fingerprint density at radius 3 is 2.67 bits per heavy atom. The Labute approximate surface area is 139 Å². The van der Waals surface area contributed by atoms with Crippen LogP contribution in [-0.2, 0) is 16.8 Å². The Balaban J connectivity index is 1.93. The van der Waals surface area contributed by atoms with E-state index in [1.165, 1.54) is 10.9 Å². The molecule has 1 aromatic carbocycles. The summed E-state index contributed by atoms with van der Waals surface area (Å²) in [6.45, 7) is 3.28. The minimum Gasteiger partial charge on any atom is -0.391 e. The number of benzene rings is 1. The van der Waals surface area contributed by atoms with Crippen LogP contribution in [-0.4, -0.2) is 38.4 Å². The van der Waals surface area contributed by atoms with Gasteiger partial charge in [-0.3, -0.25) is 19.6 Å². The fourth-order valence-electron chi connectivity index (χ4n) is 2.20. The maximum Gasteiger partial charge on any atom is 0.307 e. The first-order valence-corrected chi connectivity index (χ1v) is 7.50. The average molecular weight is 332 g/mol. The molecule has 0 aliphatic carbocycles. The van der Waals surface area contributed by atoms with Crippen molar-refractivity contribution < 1.29 is 14.8 Å². The molecule has 8 heteroatoms. The predicted molar refractivity (Wildman–Crippen MR) is 87.4 cm³/mol. The molecule has 128 valence electrons. The second kappa shape index (κ2) is 7.22. The van der Waals surface area contributed by atoms with Crippen molar-refractivity contribution in [2.45, 2.75) is 31.9 Å². The van der Waals surface area contributed by atoms with Gasteiger partial charge in [0.1, 0.15) is 17.9 Å². The van der Waals surface area contributed by atoms with E-state index in [0.717, 1.165) is 11.8 Å². The number of nitrogens with one attached hydrogen (secondary N) is 1. The SMILES string of the molecule is CC(C)(C(=O)NCC(O)Cc1ccccc1)n1cc([N+](=O)[O-])cn1. The lowest BCUT2D eigenvalue weighted by Gasteiger charge is -2.24. The van der Waals surface area contributed by atoms with Crippen LogP contribution in [0.4, 0.5) is 5.69 Å². The van der Waals surface area contributed by atoms with Crippen LogP contribution in [0.25, 0.3) is 0 Å². The van der Waals surface area contributed by atoms with Gasteiger partial charge in [-0.05, 0) is 19.4 Å². The van der Waals surface area contributed by atoms with E-state index < -0.39 is 16.6 Å². The number of aliphatic hydroxyl groups is 1. The summed E-state index contributed by atoms with van der Waals surface area (Å²) >= 11 is 0. The number of nitrogens with zero attached hydrogens (tertiary/aromatic N) is 3. The summed E-state index contributed by atoms with van der Waals surface area (Å²) in [7, 11) is 0. The van der Waals surface area contributed by atoms with Crippen LogP contribution in [0.2, 0.25) is 0 Å². The van der Waals surface area contributed by atoms with Crippen LogP contribution in [0.15, 0.2) is 42.7 Å². The number of nitro groups is 1. The molecule has 0 aliphatic rings. The Kier molecular flexibility index (Phi) is 5.30. The molecular weight excluding hydrogens is 312 g/mol. The highest BCUT2D eigenvalue weighted by molar-refractivity contribution is 5.83. The quantitative estimate of drug-likeness (QED) is 0.585. The first kappa shape index (κ1) is 17.6. The number of hydrogen-bond acceptors (Lipinski definition) is 5. The maximum absolute atomic E-state index is 12.3. The first-order chi connectivity index (χ1) is 11.3. The molecule has 0 aliphatic heterocycles. The van der Waals surface area contributed by atoms with Crippen LogP contribution < -0.4 is 5.32 Å². The zero-order valence-corrected chi connectivity index (χ0v) is 13.5. The molecule has 0 fully saturated rings. The molecule has 24 heavy (non-hydrogen) atoms. The lowest BCUT2D eigenvalue weighted by Crippen LogP contribution is -2.47. The number of carbonyl (C=O) groups is 1. The summed E-state index contributed by atoms with van der Waals surface area (Å²) in [6.07, 6.45) is 2.01. The summed E-state index contributed by atoms with van der Waals surface area (Å²) in [6, 6.07) is 9.46. The van der Waals surface area contributed by atoms with E-state index >= 15 is 0 Å². The summed E-state index contributed by atoms with van der Waals surface area (Å²) in [5.41, 5.74) is -0.318. The summed E-state index contributed by atoms with van der Waals surface area (Å²) < 4.78 is 1.24. The number of rotatable bonds is 7. The highest BCUT2D eigenvalue weighted by atomic mass is 16.6. The summed E-state index contributed by atoms with van der Waals surface area (Å²) in [5.74, 6) is -0.382. The molecule has 2 rings (SSSR count). The van der Waals surface area contributed by atoms with Crippen molar-refractivity contribution in [3.8, 4) is 0 Å². The van der Waals surface area contributed by atoms with E-state index in [2.05, 4.69) is 10.4 Å². The zero-order valence-electron chi connectivity index (χ0n) is 13.5. The van der Waals surface area contributed by atoms with E-state index in [1.807, 2.05) is 30.3 Å². The molecule has 2 aromatic rings. The topological polar surface area (TPSA) is 110 Å². The maximum atomic E-state index is 12.3. The fourth-order valence-corrected chi connectivity index (χ4v) is 2.20. The van der Waals surface area contributed by atoms with Crippen molar-refractivity contribution in [3.05, 3.63) is 58.4 Å². The minimum absolute atomic E-state index is 0.0838. The number of aliphatic hydroxyl groups excluding tert-OH is 1. The molecule has 2 N–H and O–H groups in total. The van der Waals surface area contributed by atoms with Gasteiger partial charge >= 0.3 is 5.69 Å². The molecule has 0 bridgehead atoms. The zero-order chi connectivity index (χ0) is 17.7. The van der Waals surface area contributed by atoms with Gasteiger partial charge < -0.3 is 10.4 Å². The van der Waals surface area contributed by atoms with Gasteiger partial charge in [0.15, 0.2) is 0 Å². The molecule has 0 radical (unpaired) electrons. The standard InChI is InChI=1S/C16H20N4O4/c1-16(2,19-11-13(9-18-19)20(23)24)15(22)17-10-14(21)8-12-6-4-3-5-7-12/h3-7,9,11,14,21H,8,10H2,1-2H3,(H,17,22). The Morgan fingerprint density at radius 1 is 1.42 bits per heavy atom. The third-order valence-corrected chi connectivity index (χ3v) is 3.72. The van der Waals surface area contributed by atoms with Crippen LogP contribution in [0.5, 0.6) is 0 Å². The average Bonchev–Trinajstić information content (AvgIpc) is 3.04. The normalized spacial score (nSPS) is 12.6. The van der Waals surface area contributed by atoms with E-state index in [-0.39, 0.29) is 18.1 Å². The van der Waals surface area contributed by atoms with Crippen molar-refractivity contribution in [1.82, 2.24) is 15.1 Å². The van der Waals surface area contributed by atoms with Crippen molar-refractivity contribution in [2.75, 3.05) is 6.54 Å². The number of carbonyl (C=O) groups excluding carboxylic acids is 1. The fraction of sp³-hybridized carbons (Fsp3) is 0.375. The Bertz CT molecular complexity index is 712.